The molecule has 0 atom stereocenters. The van der Waals surface area contributed by atoms with Gasteiger partial charge in [0.2, 0.25) is 9.05 Å². The number of hydrogen-bond donors (Lipinski definition) is 0. The van der Waals surface area contributed by atoms with Gasteiger partial charge in [0.25, 0.3) is 0 Å². The Morgan fingerprint density at radius 3 is 2.41 bits per heavy atom. The summed E-state index contributed by atoms with van der Waals surface area (Å²) in [5.41, 5.74) is -0.256. The van der Waals surface area contributed by atoms with Gasteiger partial charge in [-0.25, -0.2) is 8.42 Å². The lowest BCUT2D eigenvalue weighted by Crippen LogP contribution is -2.31. The molecule has 0 aromatic heterocycles. The van der Waals surface area contributed by atoms with Crippen LogP contribution in [0, 0.1) is 5.41 Å². The van der Waals surface area contributed by atoms with Gasteiger partial charge in [-0.05, 0) is 19.3 Å². The summed E-state index contributed by atoms with van der Waals surface area (Å²) in [5, 5.41) is 0. The van der Waals surface area contributed by atoms with Gasteiger partial charge in [-0.3, -0.25) is 0 Å². The van der Waals surface area contributed by atoms with E-state index in [0.717, 1.165) is 32.1 Å². The van der Waals surface area contributed by atoms with Crippen LogP contribution in [0.3, 0.4) is 0 Å². The normalized spacial score (nSPS) is 19.6. The predicted molar refractivity (Wildman–Crippen MR) is 67.9 cm³/mol. The highest BCUT2D eigenvalue weighted by molar-refractivity contribution is 8.13. The Balaban J connectivity index is 2.38. The second-order valence-corrected chi connectivity index (χ2v) is 7.57. The maximum absolute atomic E-state index is 11.2. The highest BCUT2D eigenvalue weighted by atomic mass is 35.7. The lowest BCUT2D eigenvalue weighted by molar-refractivity contribution is 0.0457. The molecule has 0 N–H and O–H groups in total. The summed E-state index contributed by atoms with van der Waals surface area (Å²) in [6.07, 6.45) is 4.74. The van der Waals surface area contributed by atoms with Crippen LogP contribution in [0.15, 0.2) is 0 Å². The van der Waals surface area contributed by atoms with E-state index < -0.39 is 9.05 Å². The van der Waals surface area contributed by atoms with Gasteiger partial charge in [0.05, 0.1) is 12.4 Å². The zero-order chi connectivity index (χ0) is 12.8. The Kier molecular flexibility index (Phi) is 6.20. The summed E-state index contributed by atoms with van der Waals surface area (Å²) < 4.78 is 32.9. The van der Waals surface area contributed by atoms with Crippen LogP contribution in [-0.4, -0.2) is 41.1 Å². The molecule has 1 rings (SSSR count). The zero-order valence-electron chi connectivity index (χ0n) is 10.3. The van der Waals surface area contributed by atoms with E-state index in [-0.39, 0.29) is 11.2 Å². The fourth-order valence-corrected chi connectivity index (χ4v) is 4.21. The first-order valence-electron chi connectivity index (χ1n) is 5.96. The average Bonchev–Trinajstić information content (AvgIpc) is 2.64. The van der Waals surface area contributed by atoms with Crippen LogP contribution in [0.1, 0.15) is 32.1 Å². The molecule has 0 amide bonds. The van der Waals surface area contributed by atoms with E-state index in [9.17, 15) is 8.42 Å². The average molecular weight is 285 g/mol. The van der Waals surface area contributed by atoms with Crippen molar-refractivity contribution in [1.82, 2.24) is 0 Å². The molecule has 1 saturated carbocycles. The molecule has 1 aliphatic carbocycles. The molecule has 17 heavy (non-hydrogen) atoms. The summed E-state index contributed by atoms with van der Waals surface area (Å²) in [6.45, 7) is 1.77. The van der Waals surface area contributed by atoms with Gasteiger partial charge in [0.15, 0.2) is 0 Å². The number of halogens is 1. The van der Waals surface area contributed by atoms with Crippen molar-refractivity contribution in [3.63, 3.8) is 0 Å². The second kappa shape index (κ2) is 6.92. The number of ether oxygens (including phenoxy) is 2. The number of methoxy groups -OCH3 is 1. The molecule has 0 aromatic carbocycles. The van der Waals surface area contributed by atoms with Crippen LogP contribution in [-0.2, 0) is 18.5 Å². The fourth-order valence-electron chi connectivity index (χ4n) is 2.42. The summed E-state index contributed by atoms with van der Waals surface area (Å²) in [6, 6.07) is 0. The minimum absolute atomic E-state index is 0.0336. The van der Waals surface area contributed by atoms with E-state index in [1.165, 1.54) is 0 Å². The van der Waals surface area contributed by atoms with Crippen molar-refractivity contribution >= 4 is 19.7 Å². The third-order valence-corrected chi connectivity index (χ3v) is 4.47. The van der Waals surface area contributed by atoms with Gasteiger partial charge in [0.1, 0.15) is 0 Å². The first-order valence-corrected chi connectivity index (χ1v) is 8.44. The fraction of sp³-hybridized carbons (Fsp3) is 1.00. The topological polar surface area (TPSA) is 52.6 Å². The molecule has 6 heteroatoms. The maximum Gasteiger partial charge on any atom is 0.233 e. The van der Waals surface area contributed by atoms with Crippen molar-refractivity contribution in [3.05, 3.63) is 0 Å². The molecule has 0 heterocycles. The van der Waals surface area contributed by atoms with E-state index >= 15 is 0 Å². The van der Waals surface area contributed by atoms with Gasteiger partial charge in [0, 0.05) is 36.4 Å². The third kappa shape index (κ3) is 6.04. The summed E-state index contributed by atoms with van der Waals surface area (Å²) in [5.74, 6) is 0.0336. The van der Waals surface area contributed by atoms with Crippen molar-refractivity contribution in [2.45, 2.75) is 32.1 Å². The molecule has 4 nitrogen and oxygen atoms in total. The largest absolute Gasteiger partial charge is 0.385 e. The zero-order valence-corrected chi connectivity index (χ0v) is 11.9. The Bertz CT molecular complexity index is 309. The summed E-state index contributed by atoms with van der Waals surface area (Å²) >= 11 is 0. The lowest BCUT2D eigenvalue weighted by Gasteiger charge is -2.27. The minimum Gasteiger partial charge on any atom is -0.385 e. The Morgan fingerprint density at radius 1 is 1.24 bits per heavy atom. The van der Waals surface area contributed by atoms with E-state index in [1.54, 1.807) is 7.11 Å². The number of rotatable bonds is 8. The van der Waals surface area contributed by atoms with E-state index in [1.807, 2.05) is 0 Å². The van der Waals surface area contributed by atoms with Gasteiger partial charge < -0.3 is 9.47 Å². The molecule has 1 aliphatic rings. The highest BCUT2D eigenvalue weighted by Gasteiger charge is 2.37. The second-order valence-electron chi connectivity index (χ2n) is 4.79. The van der Waals surface area contributed by atoms with Crippen LogP contribution in [0.25, 0.3) is 0 Å². The van der Waals surface area contributed by atoms with Crippen molar-refractivity contribution in [1.29, 1.82) is 0 Å². The standard InChI is InChI=1S/C11H21ClO4S/c1-15-7-4-8-16-9-11(5-2-3-6-11)10-17(12,13)14/h2-10H2,1H3. The summed E-state index contributed by atoms with van der Waals surface area (Å²) in [4.78, 5) is 0. The highest BCUT2D eigenvalue weighted by Crippen LogP contribution is 2.40. The van der Waals surface area contributed by atoms with E-state index in [2.05, 4.69) is 0 Å². The molecule has 1 fully saturated rings. The first-order chi connectivity index (χ1) is 7.97. The maximum atomic E-state index is 11.2. The molecule has 0 spiro atoms. The van der Waals surface area contributed by atoms with Gasteiger partial charge in [-0.2, -0.15) is 0 Å². The first kappa shape index (κ1) is 15.2. The van der Waals surface area contributed by atoms with Crippen molar-refractivity contribution in [2.75, 3.05) is 32.7 Å². The van der Waals surface area contributed by atoms with E-state index in [4.69, 9.17) is 20.2 Å². The van der Waals surface area contributed by atoms with Crippen molar-refractivity contribution in [2.24, 2.45) is 5.41 Å². The van der Waals surface area contributed by atoms with Crippen LogP contribution in [0.2, 0.25) is 0 Å². The molecular weight excluding hydrogens is 264 g/mol. The van der Waals surface area contributed by atoms with Crippen LogP contribution in [0.4, 0.5) is 0 Å². The predicted octanol–water partition coefficient (Wildman–Crippen LogP) is 2.17. The van der Waals surface area contributed by atoms with Crippen LogP contribution < -0.4 is 0 Å². The molecule has 0 unspecified atom stereocenters. The Labute approximate surface area is 108 Å². The quantitative estimate of drug-likeness (QED) is 0.506. The van der Waals surface area contributed by atoms with Crippen molar-refractivity contribution < 1.29 is 17.9 Å². The Hall–Kier alpha value is 0.160. The Morgan fingerprint density at radius 2 is 1.88 bits per heavy atom. The summed E-state index contributed by atoms with van der Waals surface area (Å²) in [7, 11) is 3.57. The van der Waals surface area contributed by atoms with E-state index in [0.29, 0.717) is 19.8 Å². The van der Waals surface area contributed by atoms with Gasteiger partial charge in [-0.1, -0.05) is 12.8 Å². The lowest BCUT2D eigenvalue weighted by atomic mass is 9.90. The molecule has 0 aliphatic heterocycles. The molecule has 0 saturated heterocycles. The van der Waals surface area contributed by atoms with Crippen molar-refractivity contribution in [3.8, 4) is 0 Å². The minimum atomic E-state index is -3.45. The SMILES string of the molecule is COCCCOCC1(CS(=O)(=O)Cl)CCCC1. The molecule has 0 bridgehead atoms. The van der Waals surface area contributed by atoms with Crippen LogP contribution >= 0.6 is 10.7 Å². The smallest absolute Gasteiger partial charge is 0.233 e. The molecule has 0 aromatic rings. The molecular formula is C11H21ClO4S. The monoisotopic (exact) mass is 284 g/mol. The molecule has 0 radical (unpaired) electrons. The number of hydrogen-bond acceptors (Lipinski definition) is 4. The molecule has 102 valence electrons. The van der Waals surface area contributed by atoms with Gasteiger partial charge >= 0.3 is 0 Å². The van der Waals surface area contributed by atoms with Gasteiger partial charge in [-0.15, -0.1) is 0 Å². The van der Waals surface area contributed by atoms with Crippen LogP contribution in [0.5, 0.6) is 0 Å². The third-order valence-electron chi connectivity index (χ3n) is 3.19.